The molecule has 4 rings (SSSR count). The predicted octanol–water partition coefficient (Wildman–Crippen LogP) is 2.60. The van der Waals surface area contributed by atoms with Crippen molar-refractivity contribution in [1.82, 2.24) is 24.7 Å². The van der Waals surface area contributed by atoms with E-state index in [1.807, 2.05) is 16.8 Å². The van der Waals surface area contributed by atoms with Crippen LogP contribution in [-0.2, 0) is 22.6 Å². The van der Waals surface area contributed by atoms with Crippen LogP contribution in [0.2, 0.25) is 0 Å². The third-order valence-electron chi connectivity index (χ3n) is 7.44. The lowest BCUT2D eigenvalue weighted by atomic mass is 9.93. The number of hydrogen-bond donors (Lipinski definition) is 1. The minimum atomic E-state index is -0.0514. The van der Waals surface area contributed by atoms with Gasteiger partial charge in [0.1, 0.15) is 5.82 Å². The first kappa shape index (κ1) is 23.0. The van der Waals surface area contributed by atoms with Crippen LogP contribution in [0, 0.1) is 5.92 Å². The van der Waals surface area contributed by atoms with Gasteiger partial charge in [-0.25, -0.2) is 9.97 Å². The number of carbonyl (C=O) groups excluding carboxylic acids is 2. The Morgan fingerprint density at radius 1 is 1.03 bits per heavy atom. The molecule has 2 saturated heterocycles. The highest BCUT2D eigenvalue weighted by Crippen LogP contribution is 2.33. The van der Waals surface area contributed by atoms with E-state index in [0.29, 0.717) is 19.1 Å². The molecule has 176 valence electrons. The van der Waals surface area contributed by atoms with Crippen molar-refractivity contribution >= 4 is 17.6 Å². The Morgan fingerprint density at radius 3 is 2.44 bits per heavy atom. The monoisotopic (exact) mass is 442 g/mol. The number of nitrogens with one attached hydrogen (secondary N) is 1. The van der Waals surface area contributed by atoms with Gasteiger partial charge in [0.05, 0.1) is 18.3 Å². The summed E-state index contributed by atoms with van der Waals surface area (Å²) in [5, 5.41) is 3.24. The summed E-state index contributed by atoms with van der Waals surface area (Å²) >= 11 is 0. The number of rotatable bonds is 4. The van der Waals surface area contributed by atoms with E-state index < -0.39 is 0 Å². The van der Waals surface area contributed by atoms with Gasteiger partial charge in [0.25, 0.3) is 0 Å². The number of carbonyl (C=O) groups is 2. The molecular formula is C24H38N6O2. The Hall–Kier alpha value is -2.22. The van der Waals surface area contributed by atoms with Crippen molar-refractivity contribution in [2.75, 3.05) is 38.5 Å². The topological polar surface area (TPSA) is 81.7 Å². The fraction of sp³-hybridized carbons (Fsp3) is 0.750. The number of nitrogens with zero attached hydrogens (tertiary/aromatic N) is 5. The van der Waals surface area contributed by atoms with Gasteiger partial charge in [-0.2, -0.15) is 0 Å². The largest absolute Gasteiger partial charge is 0.373 e. The fourth-order valence-corrected chi connectivity index (χ4v) is 5.47. The van der Waals surface area contributed by atoms with Gasteiger partial charge in [-0.3, -0.25) is 9.59 Å². The molecule has 1 N–H and O–H groups in total. The van der Waals surface area contributed by atoms with Crippen molar-refractivity contribution in [3.8, 4) is 0 Å². The number of anilines is 1. The van der Waals surface area contributed by atoms with E-state index in [0.717, 1.165) is 81.1 Å². The van der Waals surface area contributed by atoms with Crippen LogP contribution in [0.1, 0.15) is 76.0 Å². The van der Waals surface area contributed by atoms with Crippen molar-refractivity contribution in [1.29, 1.82) is 0 Å². The van der Waals surface area contributed by atoms with Gasteiger partial charge in [0.15, 0.2) is 5.82 Å². The number of aromatic nitrogens is 2. The summed E-state index contributed by atoms with van der Waals surface area (Å²) in [6, 6.07) is 0.491. The Labute approximate surface area is 191 Å². The summed E-state index contributed by atoms with van der Waals surface area (Å²) in [4.78, 5) is 41.6. The van der Waals surface area contributed by atoms with Gasteiger partial charge >= 0.3 is 0 Å². The molecule has 2 amide bonds. The van der Waals surface area contributed by atoms with Crippen LogP contribution >= 0.6 is 0 Å². The van der Waals surface area contributed by atoms with E-state index in [2.05, 4.69) is 24.1 Å². The van der Waals surface area contributed by atoms with E-state index in [1.165, 1.54) is 0 Å². The Kier molecular flexibility index (Phi) is 6.98. The van der Waals surface area contributed by atoms with Crippen LogP contribution in [0.15, 0.2) is 0 Å². The van der Waals surface area contributed by atoms with E-state index >= 15 is 0 Å². The van der Waals surface area contributed by atoms with Crippen molar-refractivity contribution in [2.45, 2.75) is 77.9 Å². The minimum Gasteiger partial charge on any atom is -0.373 e. The van der Waals surface area contributed by atoms with Crippen LogP contribution in [0.5, 0.6) is 0 Å². The summed E-state index contributed by atoms with van der Waals surface area (Å²) in [6.07, 6.45) is 5.65. The molecule has 1 unspecified atom stereocenters. The van der Waals surface area contributed by atoms with E-state index in [4.69, 9.17) is 9.97 Å². The standard InChI is InChI=1S/C24H38N6O2/c1-16(2)28-12-8-18(9-13-28)24(32)29-14-10-20-19(15-29)22(25-4)27-23(26-20)21-7-5-6-11-30(21)17(3)31/h16,18,21H,5-15H2,1-4H3,(H,25,26,27). The summed E-state index contributed by atoms with van der Waals surface area (Å²) in [7, 11) is 1.87. The molecule has 4 heterocycles. The summed E-state index contributed by atoms with van der Waals surface area (Å²) in [5.74, 6) is 2.02. The molecule has 0 bridgehead atoms. The molecule has 8 heteroatoms. The predicted molar refractivity (Wildman–Crippen MR) is 124 cm³/mol. The first-order chi connectivity index (χ1) is 15.4. The van der Waals surface area contributed by atoms with Gasteiger partial charge in [-0.05, 0) is 59.0 Å². The molecule has 3 aliphatic heterocycles. The number of amides is 2. The average molecular weight is 443 g/mol. The number of hydrogen-bond acceptors (Lipinski definition) is 6. The molecule has 1 aromatic rings. The lowest BCUT2D eigenvalue weighted by molar-refractivity contribution is -0.138. The van der Waals surface area contributed by atoms with Crippen LogP contribution in [0.25, 0.3) is 0 Å². The second-order valence-electron chi connectivity index (χ2n) is 9.74. The molecule has 0 saturated carbocycles. The van der Waals surface area contributed by atoms with E-state index in [9.17, 15) is 9.59 Å². The van der Waals surface area contributed by atoms with Crippen molar-refractivity contribution in [2.24, 2.45) is 5.92 Å². The van der Waals surface area contributed by atoms with Crippen LogP contribution in [0.3, 0.4) is 0 Å². The minimum absolute atomic E-state index is 0.0514. The molecule has 8 nitrogen and oxygen atoms in total. The van der Waals surface area contributed by atoms with Gasteiger partial charge in [0.2, 0.25) is 11.8 Å². The van der Waals surface area contributed by atoms with Gasteiger partial charge < -0.3 is 20.0 Å². The third-order valence-corrected chi connectivity index (χ3v) is 7.44. The molecule has 0 radical (unpaired) electrons. The van der Waals surface area contributed by atoms with Crippen LogP contribution in [0.4, 0.5) is 5.82 Å². The first-order valence-corrected chi connectivity index (χ1v) is 12.3. The van der Waals surface area contributed by atoms with Gasteiger partial charge in [0, 0.05) is 51.0 Å². The quantitative estimate of drug-likeness (QED) is 0.772. The Bertz CT molecular complexity index is 832. The highest BCUT2D eigenvalue weighted by atomic mass is 16.2. The van der Waals surface area contributed by atoms with Gasteiger partial charge in [-0.15, -0.1) is 0 Å². The summed E-state index contributed by atoms with van der Waals surface area (Å²) < 4.78 is 0. The maximum Gasteiger partial charge on any atom is 0.226 e. The van der Waals surface area contributed by atoms with E-state index in [-0.39, 0.29) is 23.8 Å². The normalized spacial score (nSPS) is 22.7. The smallest absolute Gasteiger partial charge is 0.226 e. The number of piperidine rings is 2. The molecule has 0 aromatic carbocycles. The maximum absolute atomic E-state index is 13.3. The highest BCUT2D eigenvalue weighted by molar-refractivity contribution is 5.79. The average Bonchev–Trinajstić information content (AvgIpc) is 2.82. The molecule has 1 aromatic heterocycles. The van der Waals surface area contributed by atoms with E-state index in [1.54, 1.807) is 6.92 Å². The Morgan fingerprint density at radius 2 is 1.78 bits per heavy atom. The molecule has 3 aliphatic rings. The number of fused-ring (bicyclic) bond motifs is 1. The Balaban J connectivity index is 1.50. The maximum atomic E-state index is 13.3. The van der Waals surface area contributed by atoms with Crippen LogP contribution < -0.4 is 5.32 Å². The summed E-state index contributed by atoms with van der Waals surface area (Å²) in [6.45, 7) is 10.1. The molecule has 1 atom stereocenters. The molecule has 0 aliphatic carbocycles. The zero-order chi connectivity index (χ0) is 22.8. The molecule has 32 heavy (non-hydrogen) atoms. The first-order valence-electron chi connectivity index (χ1n) is 12.3. The zero-order valence-electron chi connectivity index (χ0n) is 20.1. The SMILES string of the molecule is CNc1nc(C2CCCCN2C(C)=O)nc2c1CN(C(=O)C1CCN(C(C)C)CC1)CC2. The van der Waals surface area contributed by atoms with Crippen molar-refractivity contribution < 1.29 is 9.59 Å². The molecule has 0 spiro atoms. The fourth-order valence-electron chi connectivity index (χ4n) is 5.47. The van der Waals surface area contributed by atoms with Crippen molar-refractivity contribution in [3.05, 3.63) is 17.1 Å². The number of likely N-dealkylation sites (tertiary alicyclic amines) is 2. The third kappa shape index (κ3) is 4.60. The van der Waals surface area contributed by atoms with Crippen LogP contribution in [-0.4, -0.2) is 75.8 Å². The lowest BCUT2D eigenvalue weighted by Gasteiger charge is -2.38. The molecular weight excluding hydrogens is 404 g/mol. The summed E-state index contributed by atoms with van der Waals surface area (Å²) in [5.41, 5.74) is 2.05. The lowest BCUT2D eigenvalue weighted by Crippen LogP contribution is -2.46. The second kappa shape index (κ2) is 9.73. The van der Waals surface area contributed by atoms with Gasteiger partial charge in [-0.1, -0.05) is 0 Å². The zero-order valence-corrected chi connectivity index (χ0v) is 20.1. The van der Waals surface area contributed by atoms with Crippen molar-refractivity contribution in [3.63, 3.8) is 0 Å². The second-order valence-corrected chi connectivity index (χ2v) is 9.74. The molecule has 2 fully saturated rings. The highest BCUT2D eigenvalue weighted by Gasteiger charge is 2.34.